The number of carbonyl (C=O) groups excluding carboxylic acids is 1. The number of nitrogens with zero attached hydrogens (tertiary/aromatic N) is 2. The molecule has 3 aromatic carbocycles. The Hall–Kier alpha value is -4.46. The number of fused-ring (bicyclic) bond motifs is 1. The van der Waals surface area contributed by atoms with Crippen LogP contribution in [0.4, 0.5) is 23.2 Å². The Morgan fingerprint density at radius 2 is 1.69 bits per heavy atom. The van der Waals surface area contributed by atoms with E-state index < -0.39 is 29.5 Å². The van der Waals surface area contributed by atoms with Gasteiger partial charge in [-0.05, 0) is 48.9 Å². The molecule has 8 heteroatoms. The third-order valence-corrected chi connectivity index (χ3v) is 5.92. The summed E-state index contributed by atoms with van der Waals surface area (Å²) in [5, 5.41) is 2.67. The van der Waals surface area contributed by atoms with Crippen molar-refractivity contribution >= 4 is 17.1 Å². The third kappa shape index (κ3) is 4.22. The molecule has 5 rings (SSSR count). The summed E-state index contributed by atoms with van der Waals surface area (Å²) < 4.78 is 57.4. The van der Waals surface area contributed by atoms with Crippen molar-refractivity contribution in [2.75, 3.05) is 5.32 Å². The summed E-state index contributed by atoms with van der Waals surface area (Å²) >= 11 is 0. The monoisotopic (exact) mass is 489 g/mol. The molecule has 1 N–H and O–H groups in total. The maximum Gasteiger partial charge on any atom is 0.264 e. The van der Waals surface area contributed by atoms with E-state index in [2.05, 4.69) is 10.3 Å². The first-order valence-corrected chi connectivity index (χ1v) is 11.0. The van der Waals surface area contributed by atoms with Gasteiger partial charge in [-0.25, -0.2) is 22.5 Å². The summed E-state index contributed by atoms with van der Waals surface area (Å²) in [6.07, 6.45) is 0.276. The lowest BCUT2D eigenvalue weighted by molar-refractivity contribution is 0.101. The number of hydrogen-bond acceptors (Lipinski definition) is 2. The lowest BCUT2D eigenvalue weighted by Gasteiger charge is -2.13. The normalized spacial score (nSPS) is 11.3. The van der Waals surface area contributed by atoms with E-state index in [-0.39, 0.29) is 17.0 Å². The Kier molecular flexibility index (Phi) is 6.01. The van der Waals surface area contributed by atoms with Gasteiger partial charge >= 0.3 is 0 Å². The molecule has 0 unspecified atom stereocenters. The molecule has 0 spiro atoms. The number of benzene rings is 3. The fourth-order valence-electron chi connectivity index (χ4n) is 4.09. The lowest BCUT2D eigenvalue weighted by Crippen LogP contribution is -2.14. The zero-order chi connectivity index (χ0) is 25.4. The molecule has 36 heavy (non-hydrogen) atoms. The van der Waals surface area contributed by atoms with Crippen molar-refractivity contribution in [2.45, 2.75) is 13.3 Å². The average molecular weight is 489 g/mol. The second kappa shape index (κ2) is 9.30. The Bertz CT molecular complexity index is 1590. The van der Waals surface area contributed by atoms with Gasteiger partial charge in [-0.1, -0.05) is 42.0 Å². The van der Waals surface area contributed by atoms with Crippen LogP contribution in [-0.4, -0.2) is 15.3 Å². The SMILES string of the molecule is Cc1ccc(NC(=O)c2cc(-c3cccn4c(-c5cccc(F)c5F)ncc34)ccc2C(F)F)cc1. The van der Waals surface area contributed by atoms with Gasteiger partial charge in [-0.2, -0.15) is 0 Å². The summed E-state index contributed by atoms with van der Waals surface area (Å²) in [6, 6.07) is 18.4. The van der Waals surface area contributed by atoms with Crippen molar-refractivity contribution in [2.24, 2.45) is 0 Å². The molecule has 5 aromatic rings. The van der Waals surface area contributed by atoms with Crippen LogP contribution < -0.4 is 5.32 Å². The van der Waals surface area contributed by atoms with Crippen LogP contribution >= 0.6 is 0 Å². The highest BCUT2D eigenvalue weighted by Gasteiger charge is 2.21. The van der Waals surface area contributed by atoms with Crippen LogP contribution in [0.5, 0.6) is 0 Å². The van der Waals surface area contributed by atoms with Gasteiger partial charge in [0.15, 0.2) is 11.6 Å². The van der Waals surface area contributed by atoms with Gasteiger partial charge < -0.3 is 5.32 Å². The molecular weight excluding hydrogens is 470 g/mol. The van der Waals surface area contributed by atoms with Gasteiger partial charge in [0.25, 0.3) is 12.3 Å². The number of nitrogens with one attached hydrogen (secondary N) is 1. The number of anilines is 1. The second-order valence-electron chi connectivity index (χ2n) is 8.28. The molecule has 0 fully saturated rings. The van der Waals surface area contributed by atoms with Crippen molar-refractivity contribution in [1.29, 1.82) is 0 Å². The molecule has 0 aliphatic heterocycles. The molecule has 180 valence electrons. The Labute approximate surface area is 203 Å². The third-order valence-electron chi connectivity index (χ3n) is 5.92. The van der Waals surface area contributed by atoms with Crippen LogP contribution in [0.15, 0.2) is 85.2 Å². The Balaban J connectivity index is 1.59. The quantitative estimate of drug-likeness (QED) is 0.261. The molecule has 0 atom stereocenters. The van der Waals surface area contributed by atoms with Crippen LogP contribution in [0.25, 0.3) is 28.0 Å². The highest BCUT2D eigenvalue weighted by molar-refractivity contribution is 6.06. The molecule has 0 bridgehead atoms. The summed E-state index contributed by atoms with van der Waals surface area (Å²) in [5.41, 5.74) is 2.51. The first-order valence-electron chi connectivity index (χ1n) is 11.0. The van der Waals surface area contributed by atoms with Crippen molar-refractivity contribution in [3.63, 3.8) is 0 Å². The van der Waals surface area contributed by atoms with E-state index in [9.17, 15) is 22.4 Å². The van der Waals surface area contributed by atoms with Gasteiger partial charge in [-0.3, -0.25) is 9.20 Å². The first kappa shape index (κ1) is 23.3. The number of aryl methyl sites for hydroxylation is 1. The molecule has 2 heterocycles. The van der Waals surface area contributed by atoms with Gasteiger partial charge in [0.1, 0.15) is 5.82 Å². The molecule has 0 aliphatic rings. The predicted octanol–water partition coefficient (Wildman–Crippen LogP) is 7.44. The van der Waals surface area contributed by atoms with Crippen LogP contribution in [0, 0.1) is 18.6 Å². The van der Waals surface area contributed by atoms with E-state index in [4.69, 9.17) is 0 Å². The van der Waals surface area contributed by atoms with Crippen LogP contribution in [0.2, 0.25) is 0 Å². The zero-order valence-electron chi connectivity index (χ0n) is 19.0. The summed E-state index contributed by atoms with van der Waals surface area (Å²) in [5.74, 6) is -2.50. The zero-order valence-corrected chi connectivity index (χ0v) is 19.0. The number of pyridine rings is 1. The van der Waals surface area contributed by atoms with Crippen LogP contribution in [-0.2, 0) is 0 Å². The van der Waals surface area contributed by atoms with E-state index in [1.165, 1.54) is 36.5 Å². The largest absolute Gasteiger partial charge is 0.322 e. The number of amides is 1. The standard InChI is InChI=1S/C28H19F4N3O/c1-16-7-10-18(11-8-16)34-28(36)22-14-17(9-12-20(22)26(31)32)19-5-3-13-35-24(19)15-33-27(35)21-4-2-6-23(29)25(21)30/h2-15,26H,1H3,(H,34,36). The Morgan fingerprint density at radius 1 is 0.944 bits per heavy atom. The van der Waals surface area contributed by atoms with Gasteiger partial charge in [-0.15, -0.1) is 0 Å². The van der Waals surface area contributed by atoms with Gasteiger partial charge in [0.05, 0.1) is 17.3 Å². The van der Waals surface area contributed by atoms with Crippen LogP contribution in [0.3, 0.4) is 0 Å². The number of rotatable bonds is 5. The predicted molar refractivity (Wildman–Crippen MR) is 130 cm³/mol. The smallest absolute Gasteiger partial charge is 0.264 e. The van der Waals surface area contributed by atoms with Crippen molar-refractivity contribution in [3.05, 3.63) is 114 Å². The van der Waals surface area contributed by atoms with E-state index in [1.807, 2.05) is 6.92 Å². The minimum atomic E-state index is -2.86. The molecule has 1 amide bonds. The average Bonchev–Trinajstić information content (AvgIpc) is 3.31. The number of alkyl halides is 2. The maximum absolute atomic E-state index is 14.4. The van der Waals surface area contributed by atoms with E-state index in [0.717, 1.165) is 11.6 Å². The summed E-state index contributed by atoms with van der Waals surface area (Å²) in [4.78, 5) is 17.3. The Morgan fingerprint density at radius 3 is 2.44 bits per heavy atom. The van der Waals surface area contributed by atoms with Crippen LogP contribution in [0.1, 0.15) is 27.9 Å². The minimum absolute atomic E-state index is 0.0154. The molecule has 0 saturated heterocycles. The van der Waals surface area contributed by atoms with Gasteiger partial charge in [0.2, 0.25) is 0 Å². The number of aromatic nitrogens is 2. The maximum atomic E-state index is 14.4. The lowest BCUT2D eigenvalue weighted by atomic mass is 9.98. The van der Waals surface area contributed by atoms with Crippen molar-refractivity contribution in [3.8, 4) is 22.5 Å². The second-order valence-corrected chi connectivity index (χ2v) is 8.28. The summed E-state index contributed by atoms with van der Waals surface area (Å²) in [6.45, 7) is 1.90. The van der Waals surface area contributed by atoms with E-state index in [1.54, 1.807) is 47.0 Å². The van der Waals surface area contributed by atoms with Crippen molar-refractivity contribution < 1.29 is 22.4 Å². The fraction of sp³-hybridized carbons (Fsp3) is 0.0714. The molecular formula is C28H19F4N3O. The molecule has 0 aliphatic carbocycles. The number of halogens is 4. The highest BCUT2D eigenvalue weighted by atomic mass is 19.3. The highest BCUT2D eigenvalue weighted by Crippen LogP contribution is 2.33. The molecule has 4 nitrogen and oxygen atoms in total. The fourth-order valence-corrected chi connectivity index (χ4v) is 4.09. The minimum Gasteiger partial charge on any atom is -0.322 e. The first-order chi connectivity index (χ1) is 17.3. The molecule has 0 saturated carbocycles. The van der Waals surface area contributed by atoms with E-state index in [0.29, 0.717) is 22.3 Å². The molecule has 2 aromatic heterocycles. The topological polar surface area (TPSA) is 46.4 Å². The van der Waals surface area contributed by atoms with Crippen molar-refractivity contribution in [1.82, 2.24) is 9.38 Å². The van der Waals surface area contributed by atoms with Gasteiger partial charge in [0, 0.05) is 28.6 Å². The number of hydrogen-bond donors (Lipinski definition) is 1. The summed E-state index contributed by atoms with van der Waals surface area (Å²) in [7, 11) is 0. The number of imidazole rings is 1. The van der Waals surface area contributed by atoms with E-state index >= 15 is 0 Å². The molecule has 0 radical (unpaired) electrons. The number of carbonyl (C=O) groups is 1.